The fraction of sp³-hybridized carbons (Fsp3) is 0.250. The minimum atomic E-state index is -0.323. The number of hydrogen-bond donors (Lipinski definition) is 1. The lowest BCUT2D eigenvalue weighted by atomic mass is 10.1. The van der Waals surface area contributed by atoms with Crippen molar-refractivity contribution in [2.45, 2.75) is 27.7 Å². The highest BCUT2D eigenvalue weighted by Gasteiger charge is 2.18. The zero-order valence-corrected chi connectivity index (χ0v) is 16.5. The molecule has 8 heteroatoms. The molecule has 0 aliphatic carbocycles. The van der Waals surface area contributed by atoms with E-state index < -0.39 is 0 Å². The van der Waals surface area contributed by atoms with Crippen LogP contribution in [0.5, 0.6) is 0 Å². The van der Waals surface area contributed by atoms with E-state index in [0.717, 1.165) is 33.5 Å². The predicted octanol–water partition coefficient (Wildman–Crippen LogP) is 3.03. The van der Waals surface area contributed by atoms with Crippen molar-refractivity contribution in [2.24, 2.45) is 7.05 Å². The maximum atomic E-state index is 12.8. The predicted molar refractivity (Wildman–Crippen MR) is 107 cm³/mol. The van der Waals surface area contributed by atoms with Crippen molar-refractivity contribution < 1.29 is 4.79 Å². The number of aromatic nitrogens is 6. The number of carbonyl (C=O) groups is 1. The minimum absolute atomic E-state index is 0.281. The van der Waals surface area contributed by atoms with E-state index in [0.29, 0.717) is 11.4 Å². The summed E-state index contributed by atoms with van der Waals surface area (Å²) in [6.45, 7) is 7.72. The summed E-state index contributed by atoms with van der Waals surface area (Å²) < 4.78 is 1.72. The van der Waals surface area contributed by atoms with Crippen LogP contribution in [0.3, 0.4) is 0 Å². The summed E-state index contributed by atoms with van der Waals surface area (Å²) in [6.07, 6.45) is 1.62. The second kappa shape index (κ2) is 6.56. The highest BCUT2D eigenvalue weighted by molar-refractivity contribution is 6.04. The van der Waals surface area contributed by atoms with Gasteiger partial charge in [0.1, 0.15) is 0 Å². The Morgan fingerprint density at radius 3 is 2.54 bits per heavy atom. The first-order chi connectivity index (χ1) is 13.3. The van der Waals surface area contributed by atoms with Gasteiger partial charge in [-0.1, -0.05) is 17.7 Å². The molecule has 4 aromatic rings. The van der Waals surface area contributed by atoms with Gasteiger partial charge in [-0.05, 0) is 45.4 Å². The molecule has 28 heavy (non-hydrogen) atoms. The van der Waals surface area contributed by atoms with Crippen molar-refractivity contribution >= 4 is 22.6 Å². The molecule has 0 fully saturated rings. The molecular formula is C20H21N7O. The van der Waals surface area contributed by atoms with Gasteiger partial charge in [0.25, 0.3) is 5.91 Å². The summed E-state index contributed by atoms with van der Waals surface area (Å²) >= 11 is 0. The van der Waals surface area contributed by atoms with Crippen LogP contribution in [0.1, 0.15) is 33.0 Å². The first-order valence-electron chi connectivity index (χ1n) is 8.96. The Morgan fingerprint density at radius 2 is 1.79 bits per heavy atom. The van der Waals surface area contributed by atoms with Gasteiger partial charge in [-0.2, -0.15) is 15.0 Å². The van der Waals surface area contributed by atoms with Crippen LogP contribution in [0.25, 0.3) is 16.7 Å². The van der Waals surface area contributed by atoms with E-state index in [1.54, 1.807) is 17.8 Å². The first-order valence-corrected chi connectivity index (χ1v) is 8.96. The molecule has 0 saturated heterocycles. The van der Waals surface area contributed by atoms with Crippen LogP contribution < -0.4 is 5.32 Å². The lowest BCUT2D eigenvalue weighted by Gasteiger charge is -2.05. The number of benzene rings is 1. The van der Waals surface area contributed by atoms with Gasteiger partial charge in [-0.25, -0.2) is 4.98 Å². The second-order valence-electron chi connectivity index (χ2n) is 6.97. The number of anilines is 1. The van der Waals surface area contributed by atoms with Crippen molar-refractivity contribution in [1.82, 2.24) is 29.8 Å². The van der Waals surface area contributed by atoms with Crippen LogP contribution >= 0.6 is 0 Å². The number of hydrogen-bond acceptors (Lipinski definition) is 5. The molecule has 3 heterocycles. The Balaban J connectivity index is 1.64. The third-order valence-electron chi connectivity index (χ3n) is 4.69. The highest BCUT2D eigenvalue weighted by atomic mass is 16.2. The Labute approximate surface area is 162 Å². The van der Waals surface area contributed by atoms with Gasteiger partial charge in [0.05, 0.1) is 29.0 Å². The Bertz CT molecular complexity index is 1220. The van der Waals surface area contributed by atoms with Gasteiger partial charge in [-0.15, -0.1) is 5.10 Å². The van der Waals surface area contributed by atoms with E-state index in [9.17, 15) is 4.79 Å². The van der Waals surface area contributed by atoms with Crippen molar-refractivity contribution in [1.29, 1.82) is 0 Å². The summed E-state index contributed by atoms with van der Waals surface area (Å²) in [5.74, 6) is -0.323. The van der Waals surface area contributed by atoms with Crippen LogP contribution in [-0.2, 0) is 7.05 Å². The molecule has 0 radical (unpaired) electrons. The monoisotopic (exact) mass is 375 g/mol. The van der Waals surface area contributed by atoms with Gasteiger partial charge in [0, 0.05) is 12.4 Å². The van der Waals surface area contributed by atoms with Crippen LogP contribution in [0.2, 0.25) is 0 Å². The van der Waals surface area contributed by atoms with Gasteiger partial charge in [-0.3, -0.25) is 9.48 Å². The van der Waals surface area contributed by atoms with E-state index in [1.807, 2.05) is 46.0 Å². The van der Waals surface area contributed by atoms with Crippen LogP contribution in [0.15, 0.2) is 30.5 Å². The van der Waals surface area contributed by atoms with Crippen LogP contribution in [-0.4, -0.2) is 35.7 Å². The number of pyridine rings is 1. The van der Waals surface area contributed by atoms with E-state index in [1.165, 1.54) is 4.80 Å². The number of amides is 1. The maximum Gasteiger partial charge on any atom is 0.278 e. The molecule has 0 aliphatic rings. The van der Waals surface area contributed by atoms with E-state index in [4.69, 9.17) is 0 Å². The normalized spacial score (nSPS) is 11.2. The zero-order valence-electron chi connectivity index (χ0n) is 16.5. The molecule has 0 saturated carbocycles. The molecule has 8 nitrogen and oxygen atoms in total. The average molecular weight is 375 g/mol. The third-order valence-corrected chi connectivity index (χ3v) is 4.69. The molecule has 1 N–H and O–H groups in total. The SMILES string of the molecule is Cc1ccc(-n2nc(C)c(C(=O)Nc3cnc4c(c3)c(C)nn4C)n2)c(C)c1. The van der Waals surface area contributed by atoms with Crippen LogP contribution in [0.4, 0.5) is 5.69 Å². The number of aryl methyl sites for hydroxylation is 5. The summed E-state index contributed by atoms with van der Waals surface area (Å²) in [7, 11) is 1.84. The number of rotatable bonds is 3. The largest absolute Gasteiger partial charge is 0.319 e. The summed E-state index contributed by atoms with van der Waals surface area (Å²) in [4.78, 5) is 18.7. The molecule has 0 spiro atoms. The molecule has 0 unspecified atom stereocenters. The fourth-order valence-corrected chi connectivity index (χ4v) is 3.29. The molecular weight excluding hydrogens is 354 g/mol. The molecule has 4 rings (SSSR count). The third kappa shape index (κ3) is 3.02. The molecule has 0 aliphatic heterocycles. The van der Waals surface area contributed by atoms with Crippen LogP contribution in [0, 0.1) is 27.7 Å². The zero-order chi connectivity index (χ0) is 20.0. The summed E-state index contributed by atoms with van der Waals surface area (Å²) in [5.41, 5.74) is 6.12. The van der Waals surface area contributed by atoms with Gasteiger partial charge in [0.2, 0.25) is 0 Å². The average Bonchev–Trinajstić information content (AvgIpc) is 3.15. The van der Waals surface area contributed by atoms with E-state index in [2.05, 4.69) is 31.7 Å². The molecule has 0 atom stereocenters. The Hall–Kier alpha value is -3.55. The van der Waals surface area contributed by atoms with Crippen molar-refractivity contribution in [2.75, 3.05) is 5.32 Å². The van der Waals surface area contributed by atoms with E-state index >= 15 is 0 Å². The lowest BCUT2D eigenvalue weighted by molar-refractivity contribution is 0.102. The molecule has 1 amide bonds. The molecule has 142 valence electrons. The Kier molecular flexibility index (Phi) is 4.18. The number of fused-ring (bicyclic) bond motifs is 1. The fourth-order valence-electron chi connectivity index (χ4n) is 3.29. The molecule has 0 bridgehead atoms. The Morgan fingerprint density at radius 1 is 1.00 bits per heavy atom. The minimum Gasteiger partial charge on any atom is -0.319 e. The van der Waals surface area contributed by atoms with Crippen molar-refractivity contribution in [3.63, 3.8) is 0 Å². The number of carbonyl (C=O) groups excluding carboxylic acids is 1. The number of nitrogens with one attached hydrogen (secondary N) is 1. The quantitative estimate of drug-likeness (QED) is 0.594. The number of nitrogens with zero attached hydrogens (tertiary/aromatic N) is 6. The van der Waals surface area contributed by atoms with Crippen molar-refractivity contribution in [3.8, 4) is 5.69 Å². The second-order valence-corrected chi connectivity index (χ2v) is 6.97. The lowest BCUT2D eigenvalue weighted by Crippen LogP contribution is -2.14. The molecule has 3 aromatic heterocycles. The summed E-state index contributed by atoms with van der Waals surface area (Å²) in [5, 5.41) is 16.9. The standard InChI is InChI=1S/C20H21N7O/c1-11-6-7-17(12(2)8-11)27-24-14(4)18(25-27)20(28)22-15-9-16-13(3)23-26(5)19(16)21-10-15/h6-10H,1-5H3,(H,22,28). The summed E-state index contributed by atoms with van der Waals surface area (Å²) in [6, 6.07) is 7.88. The van der Waals surface area contributed by atoms with Gasteiger partial charge < -0.3 is 5.32 Å². The molecule has 1 aromatic carbocycles. The smallest absolute Gasteiger partial charge is 0.278 e. The maximum absolute atomic E-state index is 12.8. The van der Waals surface area contributed by atoms with Crippen molar-refractivity contribution in [3.05, 3.63) is 58.7 Å². The topological polar surface area (TPSA) is 90.5 Å². The highest BCUT2D eigenvalue weighted by Crippen LogP contribution is 2.20. The van der Waals surface area contributed by atoms with Gasteiger partial charge in [0.15, 0.2) is 11.3 Å². The first kappa shape index (κ1) is 17.8. The van der Waals surface area contributed by atoms with E-state index in [-0.39, 0.29) is 11.6 Å². The van der Waals surface area contributed by atoms with Gasteiger partial charge >= 0.3 is 0 Å².